The molecular weight excluding hydrogens is 358 g/mol. The monoisotopic (exact) mass is 367 g/mol. The van der Waals surface area contributed by atoms with E-state index in [0.29, 0.717) is 21.6 Å². The number of carbonyl (C=O) groups excluding carboxylic acids is 1. The summed E-state index contributed by atoms with van der Waals surface area (Å²) in [6.45, 7) is 0. The van der Waals surface area contributed by atoms with Gasteiger partial charge in [-0.2, -0.15) is 5.10 Å². The van der Waals surface area contributed by atoms with E-state index in [4.69, 9.17) is 4.42 Å². The molecular formula is C13H10BrN3O5. The molecule has 0 aliphatic rings. The van der Waals surface area contributed by atoms with E-state index in [-0.39, 0.29) is 5.69 Å². The molecule has 1 N–H and O–H groups in total. The first-order valence-corrected chi connectivity index (χ1v) is 6.71. The second kappa shape index (κ2) is 6.85. The molecule has 0 atom stereocenters. The normalized spacial score (nSPS) is 10.6. The van der Waals surface area contributed by atoms with E-state index in [2.05, 4.69) is 31.2 Å². The topological polar surface area (TPSA) is 107 Å². The Bertz CT molecular complexity index is 741. The van der Waals surface area contributed by atoms with Crippen LogP contribution in [0.15, 0.2) is 44.3 Å². The van der Waals surface area contributed by atoms with Crippen molar-refractivity contribution in [1.29, 1.82) is 0 Å². The largest absolute Gasteiger partial charge is 0.455 e. The third-order valence-corrected chi connectivity index (χ3v) is 3.24. The molecule has 1 amide bonds. The number of nitro groups is 1. The highest BCUT2D eigenvalue weighted by atomic mass is 79.9. The zero-order valence-corrected chi connectivity index (χ0v) is 12.9. The standard InChI is InChI=1S/C13H10BrN3O5/c1-21-13(18)16-15-7-9-3-5-12(22-9)10-4-2-8(17(19)20)6-11(10)14/h2-7H,1H3,(H,16,18)/b15-7+. The van der Waals surface area contributed by atoms with Crippen molar-refractivity contribution in [3.05, 3.63) is 50.7 Å². The van der Waals surface area contributed by atoms with Gasteiger partial charge in [0.15, 0.2) is 0 Å². The summed E-state index contributed by atoms with van der Waals surface area (Å²) in [4.78, 5) is 21.0. The molecule has 0 aliphatic carbocycles. The van der Waals surface area contributed by atoms with Crippen molar-refractivity contribution in [2.45, 2.75) is 0 Å². The quantitative estimate of drug-likeness (QED) is 0.506. The first kappa shape index (κ1) is 15.7. The molecule has 0 aliphatic heterocycles. The van der Waals surface area contributed by atoms with Crippen LogP contribution in [0.1, 0.15) is 5.76 Å². The number of non-ortho nitro benzene ring substituents is 1. The van der Waals surface area contributed by atoms with Crippen molar-refractivity contribution >= 4 is 33.9 Å². The maximum Gasteiger partial charge on any atom is 0.427 e. The third-order valence-electron chi connectivity index (χ3n) is 2.59. The molecule has 8 nitrogen and oxygen atoms in total. The van der Waals surface area contributed by atoms with Gasteiger partial charge in [0.1, 0.15) is 11.5 Å². The number of furan rings is 1. The van der Waals surface area contributed by atoms with Crippen molar-refractivity contribution in [1.82, 2.24) is 5.43 Å². The summed E-state index contributed by atoms with van der Waals surface area (Å²) in [5.41, 5.74) is 2.76. The number of nitrogens with one attached hydrogen (secondary N) is 1. The average Bonchev–Trinajstić information content (AvgIpc) is 2.95. The Morgan fingerprint density at radius 3 is 2.86 bits per heavy atom. The lowest BCUT2D eigenvalue weighted by Crippen LogP contribution is -2.16. The van der Waals surface area contributed by atoms with Crippen molar-refractivity contribution in [3.8, 4) is 11.3 Å². The van der Waals surface area contributed by atoms with Crippen LogP contribution in [0.4, 0.5) is 10.5 Å². The molecule has 0 saturated heterocycles. The van der Waals surface area contributed by atoms with Gasteiger partial charge < -0.3 is 9.15 Å². The van der Waals surface area contributed by atoms with Crippen molar-refractivity contribution in [2.24, 2.45) is 5.10 Å². The van der Waals surface area contributed by atoms with E-state index in [1.807, 2.05) is 0 Å². The van der Waals surface area contributed by atoms with E-state index in [9.17, 15) is 14.9 Å². The zero-order valence-electron chi connectivity index (χ0n) is 11.3. The molecule has 0 fully saturated rings. The van der Waals surface area contributed by atoms with Gasteiger partial charge in [-0.05, 0) is 34.1 Å². The van der Waals surface area contributed by atoms with Gasteiger partial charge in [-0.1, -0.05) is 0 Å². The van der Waals surface area contributed by atoms with E-state index < -0.39 is 11.0 Å². The fraction of sp³-hybridized carbons (Fsp3) is 0.0769. The lowest BCUT2D eigenvalue weighted by atomic mass is 10.1. The Hall–Kier alpha value is -2.68. The van der Waals surface area contributed by atoms with E-state index in [1.165, 1.54) is 25.5 Å². The summed E-state index contributed by atoms with van der Waals surface area (Å²) in [7, 11) is 1.22. The minimum absolute atomic E-state index is 0.0220. The maximum atomic E-state index is 10.8. The van der Waals surface area contributed by atoms with Crippen LogP contribution in [0.5, 0.6) is 0 Å². The number of nitro benzene ring substituents is 1. The predicted octanol–water partition coefficient (Wildman–Crippen LogP) is 3.31. The number of benzene rings is 1. The molecule has 0 radical (unpaired) electrons. The number of carbonyl (C=O) groups is 1. The van der Waals surface area contributed by atoms with E-state index in [0.717, 1.165) is 0 Å². The van der Waals surface area contributed by atoms with Crippen LogP contribution in [-0.2, 0) is 4.74 Å². The summed E-state index contributed by atoms with van der Waals surface area (Å²) in [5.74, 6) is 0.901. The highest BCUT2D eigenvalue weighted by molar-refractivity contribution is 9.10. The van der Waals surface area contributed by atoms with Crippen LogP contribution < -0.4 is 5.43 Å². The van der Waals surface area contributed by atoms with Gasteiger partial charge in [0.05, 0.1) is 18.2 Å². The molecule has 0 unspecified atom stereocenters. The van der Waals surface area contributed by atoms with Crippen LogP contribution in [0.2, 0.25) is 0 Å². The molecule has 9 heteroatoms. The lowest BCUT2D eigenvalue weighted by Gasteiger charge is -2.00. The SMILES string of the molecule is COC(=O)N/N=C/c1ccc(-c2ccc([N+](=O)[O-])cc2Br)o1. The highest BCUT2D eigenvalue weighted by Crippen LogP contribution is 2.32. The number of hydrogen-bond donors (Lipinski definition) is 1. The summed E-state index contributed by atoms with van der Waals surface area (Å²) in [6.07, 6.45) is 0.612. The number of rotatable bonds is 4. The molecule has 0 saturated carbocycles. The number of methoxy groups -OCH3 is 1. The molecule has 1 heterocycles. The average molecular weight is 368 g/mol. The molecule has 0 spiro atoms. The third kappa shape index (κ3) is 3.70. The second-order valence-corrected chi connectivity index (χ2v) is 4.84. The summed E-state index contributed by atoms with van der Waals surface area (Å²) in [6, 6.07) is 7.69. The van der Waals surface area contributed by atoms with Crippen LogP contribution in [0.3, 0.4) is 0 Å². The number of halogens is 1. The number of hydrogen-bond acceptors (Lipinski definition) is 6. The summed E-state index contributed by atoms with van der Waals surface area (Å²) in [5, 5.41) is 14.3. The first-order valence-electron chi connectivity index (χ1n) is 5.92. The maximum absolute atomic E-state index is 10.8. The number of nitrogens with zero attached hydrogens (tertiary/aromatic N) is 2. The molecule has 0 bridgehead atoms. The Morgan fingerprint density at radius 2 is 2.23 bits per heavy atom. The van der Waals surface area contributed by atoms with Crippen molar-refractivity contribution in [3.63, 3.8) is 0 Å². The Labute approximate surface area is 133 Å². The fourth-order valence-electron chi connectivity index (χ4n) is 1.58. The van der Waals surface area contributed by atoms with Crippen molar-refractivity contribution < 1.29 is 18.9 Å². The van der Waals surface area contributed by atoms with Crippen LogP contribution >= 0.6 is 15.9 Å². The minimum Gasteiger partial charge on any atom is -0.455 e. The fourth-order valence-corrected chi connectivity index (χ4v) is 2.14. The Morgan fingerprint density at radius 1 is 1.45 bits per heavy atom. The van der Waals surface area contributed by atoms with E-state index >= 15 is 0 Å². The van der Waals surface area contributed by atoms with Crippen molar-refractivity contribution in [2.75, 3.05) is 7.11 Å². The van der Waals surface area contributed by atoms with Gasteiger partial charge in [0.2, 0.25) is 0 Å². The van der Waals surface area contributed by atoms with Crippen LogP contribution in [0, 0.1) is 10.1 Å². The highest BCUT2D eigenvalue weighted by Gasteiger charge is 2.12. The summed E-state index contributed by atoms with van der Waals surface area (Å²) < 4.78 is 10.4. The van der Waals surface area contributed by atoms with Gasteiger partial charge >= 0.3 is 6.09 Å². The van der Waals surface area contributed by atoms with E-state index in [1.54, 1.807) is 18.2 Å². The van der Waals surface area contributed by atoms with Gasteiger partial charge in [-0.15, -0.1) is 0 Å². The number of ether oxygens (including phenoxy) is 1. The van der Waals surface area contributed by atoms with Gasteiger partial charge in [0, 0.05) is 22.2 Å². The van der Waals surface area contributed by atoms with Gasteiger partial charge in [-0.3, -0.25) is 10.1 Å². The predicted molar refractivity (Wildman–Crippen MR) is 81.6 cm³/mol. The first-order chi connectivity index (χ1) is 10.5. The minimum atomic E-state index is -0.693. The zero-order chi connectivity index (χ0) is 16.1. The molecule has 2 rings (SSSR count). The lowest BCUT2D eigenvalue weighted by molar-refractivity contribution is -0.384. The van der Waals surface area contributed by atoms with Crippen LogP contribution in [-0.4, -0.2) is 24.3 Å². The molecule has 114 valence electrons. The Kier molecular flexibility index (Phi) is 4.89. The van der Waals surface area contributed by atoms with Crippen LogP contribution in [0.25, 0.3) is 11.3 Å². The van der Waals surface area contributed by atoms with Gasteiger partial charge in [-0.25, -0.2) is 10.2 Å². The molecule has 22 heavy (non-hydrogen) atoms. The van der Waals surface area contributed by atoms with Gasteiger partial charge in [0.25, 0.3) is 5.69 Å². The number of hydrazone groups is 1. The smallest absolute Gasteiger partial charge is 0.427 e. The molecule has 1 aromatic heterocycles. The second-order valence-electron chi connectivity index (χ2n) is 3.98. The molecule has 2 aromatic rings. The Balaban J connectivity index is 2.18. The number of amides is 1. The molecule has 1 aromatic carbocycles. The summed E-state index contributed by atoms with van der Waals surface area (Å²) >= 11 is 3.27.